The molecule has 0 amide bonds. The molecule has 0 spiro atoms. The number of sulfonamides is 1. The first-order chi connectivity index (χ1) is 9.77. The maximum atomic E-state index is 12.3. The fourth-order valence-electron chi connectivity index (χ4n) is 1.61. The van der Waals surface area contributed by atoms with Gasteiger partial charge in [-0.1, -0.05) is 12.1 Å². The summed E-state index contributed by atoms with van der Waals surface area (Å²) in [7, 11) is -1.22. The zero-order chi connectivity index (χ0) is 16.0. The Balaban J connectivity index is 2.95. The first kappa shape index (κ1) is 17.1. The van der Waals surface area contributed by atoms with Crippen molar-refractivity contribution >= 4 is 22.0 Å². The van der Waals surface area contributed by atoms with E-state index >= 15 is 0 Å². The van der Waals surface area contributed by atoms with Crippen molar-refractivity contribution in [3.8, 4) is 0 Å². The number of carboxylic acid groups (broad SMARTS) is 1. The number of carbonyl (C=O) groups is 2. The predicted octanol–water partition coefficient (Wildman–Crippen LogP) is 0.497. The smallest absolute Gasteiger partial charge is 0.309 e. The Hall–Kier alpha value is -1.93. The minimum Gasteiger partial charge on any atom is -0.481 e. The summed E-state index contributed by atoms with van der Waals surface area (Å²) in [6.07, 6.45) is -0.309. The molecule has 1 N–H and O–H groups in total. The van der Waals surface area contributed by atoms with E-state index in [1.807, 2.05) is 0 Å². The fraction of sp³-hybridized carbons (Fsp3) is 0.385. The number of ether oxygens (including phenoxy) is 1. The Kier molecular flexibility index (Phi) is 5.86. The summed E-state index contributed by atoms with van der Waals surface area (Å²) < 4.78 is 30.0. The van der Waals surface area contributed by atoms with Crippen LogP contribution in [-0.4, -0.2) is 50.5 Å². The summed E-state index contributed by atoms with van der Waals surface area (Å²) >= 11 is 0. The molecule has 0 aliphatic rings. The molecule has 0 saturated carbocycles. The molecule has 1 rings (SSSR count). The van der Waals surface area contributed by atoms with Crippen LogP contribution in [0.15, 0.2) is 29.2 Å². The number of rotatable bonds is 7. The minimum atomic E-state index is -3.78. The Morgan fingerprint density at radius 3 is 2.57 bits per heavy atom. The van der Waals surface area contributed by atoms with Crippen LogP contribution in [0.3, 0.4) is 0 Å². The lowest BCUT2D eigenvalue weighted by Crippen LogP contribution is -2.29. The van der Waals surface area contributed by atoms with Gasteiger partial charge in [0.2, 0.25) is 10.0 Å². The van der Waals surface area contributed by atoms with Gasteiger partial charge in [0.1, 0.15) is 0 Å². The third-order valence-electron chi connectivity index (χ3n) is 2.82. The van der Waals surface area contributed by atoms with Crippen LogP contribution in [0.5, 0.6) is 0 Å². The van der Waals surface area contributed by atoms with E-state index in [1.165, 1.54) is 32.4 Å². The molecule has 1 aromatic rings. The summed E-state index contributed by atoms with van der Waals surface area (Å²) in [5.74, 6) is -1.54. The van der Waals surface area contributed by atoms with Crippen LogP contribution in [0.4, 0.5) is 0 Å². The van der Waals surface area contributed by atoms with Crippen LogP contribution < -0.4 is 0 Å². The van der Waals surface area contributed by atoms with Crippen LogP contribution in [0.1, 0.15) is 12.0 Å². The van der Waals surface area contributed by atoms with Crippen LogP contribution >= 0.6 is 0 Å². The van der Waals surface area contributed by atoms with Gasteiger partial charge in [0, 0.05) is 13.6 Å². The zero-order valence-corrected chi connectivity index (χ0v) is 12.6. The molecule has 8 heteroatoms. The van der Waals surface area contributed by atoms with E-state index in [0.717, 1.165) is 4.31 Å². The van der Waals surface area contributed by atoms with E-state index in [4.69, 9.17) is 5.11 Å². The van der Waals surface area contributed by atoms with Crippen molar-refractivity contribution in [2.45, 2.75) is 17.7 Å². The molecule has 0 fully saturated rings. The standard InChI is InChI=1S/C13H17NO6S/c1-14(7-6-12(15)16)21(18,19)11-5-3-4-10(8-11)9-13(17)20-2/h3-5,8H,6-7,9H2,1-2H3,(H,15,16). The van der Waals surface area contributed by atoms with Crippen molar-refractivity contribution < 1.29 is 27.9 Å². The Bertz CT molecular complexity index is 625. The van der Waals surface area contributed by atoms with E-state index in [-0.39, 0.29) is 24.3 Å². The molecule has 0 aliphatic heterocycles. The van der Waals surface area contributed by atoms with Crippen LogP contribution in [0, 0.1) is 0 Å². The van der Waals surface area contributed by atoms with E-state index in [1.54, 1.807) is 6.07 Å². The van der Waals surface area contributed by atoms with Gasteiger partial charge in [-0.3, -0.25) is 9.59 Å². The second kappa shape index (κ2) is 7.19. The molecule has 0 atom stereocenters. The van der Waals surface area contributed by atoms with E-state index < -0.39 is 22.0 Å². The second-order valence-electron chi connectivity index (χ2n) is 4.37. The van der Waals surface area contributed by atoms with Gasteiger partial charge in [-0.05, 0) is 17.7 Å². The average Bonchev–Trinajstić information content (AvgIpc) is 2.44. The summed E-state index contributed by atoms with van der Waals surface area (Å²) in [5.41, 5.74) is 0.509. The third-order valence-corrected chi connectivity index (χ3v) is 4.68. The number of nitrogens with zero attached hydrogens (tertiary/aromatic N) is 1. The van der Waals surface area contributed by atoms with Gasteiger partial charge in [-0.25, -0.2) is 12.7 Å². The molecule has 116 valence electrons. The highest BCUT2D eigenvalue weighted by Crippen LogP contribution is 2.16. The van der Waals surface area contributed by atoms with Crippen molar-refractivity contribution in [3.63, 3.8) is 0 Å². The van der Waals surface area contributed by atoms with Crippen LogP contribution in [0.2, 0.25) is 0 Å². The largest absolute Gasteiger partial charge is 0.481 e. The zero-order valence-electron chi connectivity index (χ0n) is 11.8. The van der Waals surface area contributed by atoms with Crippen LogP contribution in [-0.2, 0) is 30.8 Å². The normalized spacial score (nSPS) is 11.4. The second-order valence-corrected chi connectivity index (χ2v) is 6.42. The molecule has 0 aromatic heterocycles. The lowest BCUT2D eigenvalue weighted by molar-refractivity contribution is -0.140. The lowest BCUT2D eigenvalue weighted by Gasteiger charge is -2.16. The summed E-state index contributed by atoms with van der Waals surface area (Å²) in [5, 5.41) is 8.60. The number of benzene rings is 1. The molecule has 21 heavy (non-hydrogen) atoms. The number of hydrogen-bond donors (Lipinski definition) is 1. The Labute approximate surface area is 123 Å². The SMILES string of the molecule is COC(=O)Cc1cccc(S(=O)(=O)N(C)CCC(=O)O)c1. The average molecular weight is 315 g/mol. The van der Waals surface area contributed by atoms with Gasteiger partial charge < -0.3 is 9.84 Å². The molecular formula is C13H17NO6S. The van der Waals surface area contributed by atoms with Gasteiger partial charge in [0.25, 0.3) is 0 Å². The highest BCUT2D eigenvalue weighted by Gasteiger charge is 2.21. The number of esters is 1. The van der Waals surface area contributed by atoms with Crippen molar-refractivity contribution in [1.82, 2.24) is 4.31 Å². The molecule has 0 bridgehead atoms. The molecule has 0 radical (unpaired) electrons. The molecule has 0 unspecified atom stereocenters. The maximum absolute atomic E-state index is 12.3. The van der Waals surface area contributed by atoms with Gasteiger partial charge in [0.15, 0.2) is 0 Å². The molecule has 0 saturated heterocycles. The molecule has 0 aliphatic carbocycles. The van der Waals surface area contributed by atoms with Gasteiger partial charge in [0.05, 0.1) is 24.8 Å². The topological polar surface area (TPSA) is 101 Å². The minimum absolute atomic E-state index is 0.0109. The van der Waals surface area contributed by atoms with Gasteiger partial charge in [-0.2, -0.15) is 0 Å². The van der Waals surface area contributed by atoms with Crippen LogP contribution in [0.25, 0.3) is 0 Å². The van der Waals surface area contributed by atoms with E-state index in [0.29, 0.717) is 5.56 Å². The lowest BCUT2D eigenvalue weighted by atomic mass is 10.1. The molecule has 0 heterocycles. The van der Waals surface area contributed by atoms with E-state index in [2.05, 4.69) is 4.74 Å². The number of carboxylic acids is 1. The first-order valence-electron chi connectivity index (χ1n) is 6.11. The van der Waals surface area contributed by atoms with Crippen molar-refractivity contribution in [3.05, 3.63) is 29.8 Å². The fourth-order valence-corrected chi connectivity index (χ4v) is 2.85. The van der Waals surface area contributed by atoms with E-state index in [9.17, 15) is 18.0 Å². The molecule has 7 nitrogen and oxygen atoms in total. The monoisotopic (exact) mass is 315 g/mol. The van der Waals surface area contributed by atoms with Crippen molar-refractivity contribution in [2.75, 3.05) is 20.7 Å². The molecule has 1 aromatic carbocycles. The predicted molar refractivity (Wildman–Crippen MR) is 74.2 cm³/mol. The van der Waals surface area contributed by atoms with Gasteiger partial charge >= 0.3 is 11.9 Å². The Morgan fingerprint density at radius 2 is 2.00 bits per heavy atom. The third kappa shape index (κ3) is 4.83. The highest BCUT2D eigenvalue weighted by molar-refractivity contribution is 7.89. The molecular weight excluding hydrogens is 298 g/mol. The number of methoxy groups -OCH3 is 1. The Morgan fingerprint density at radius 1 is 1.33 bits per heavy atom. The summed E-state index contributed by atoms with van der Waals surface area (Å²) in [6, 6.07) is 5.92. The number of carbonyl (C=O) groups excluding carboxylic acids is 1. The van der Waals surface area contributed by atoms with Crippen molar-refractivity contribution in [2.24, 2.45) is 0 Å². The quantitative estimate of drug-likeness (QED) is 0.735. The number of aliphatic carboxylic acids is 1. The number of hydrogen-bond acceptors (Lipinski definition) is 5. The summed E-state index contributed by atoms with van der Waals surface area (Å²) in [6.45, 7) is -0.126. The van der Waals surface area contributed by atoms with Gasteiger partial charge in [-0.15, -0.1) is 0 Å². The first-order valence-corrected chi connectivity index (χ1v) is 7.55. The maximum Gasteiger partial charge on any atom is 0.309 e. The highest BCUT2D eigenvalue weighted by atomic mass is 32.2. The summed E-state index contributed by atoms with van der Waals surface area (Å²) in [4.78, 5) is 21.7. The van der Waals surface area contributed by atoms with Crippen molar-refractivity contribution in [1.29, 1.82) is 0 Å².